The number of rotatable bonds is 6. The van der Waals surface area contributed by atoms with E-state index in [0.29, 0.717) is 48.6 Å². The van der Waals surface area contributed by atoms with Crippen molar-refractivity contribution in [3.8, 4) is 11.8 Å². The van der Waals surface area contributed by atoms with E-state index in [-0.39, 0.29) is 11.8 Å². The van der Waals surface area contributed by atoms with E-state index in [1.54, 1.807) is 36.4 Å². The standard InChI is InChI=1S/C30H25N3O4/c1-3-29-14-15-30(37-29,16-17-36-20-10-8-19(18-31)9-11-20)26-25(29)27(34)33(28(26)35)24-13-12-23(32-2)21-6-4-5-7-22(21)24/h4-13,25-26H,3,14-17H2,1H3/t25-,26+,29?,30?/m1/s1. The first kappa shape index (κ1) is 23.2. The molecule has 3 aromatic carbocycles. The first-order valence-corrected chi connectivity index (χ1v) is 12.6. The summed E-state index contributed by atoms with van der Waals surface area (Å²) >= 11 is 0. The van der Waals surface area contributed by atoms with Crippen molar-refractivity contribution in [2.75, 3.05) is 11.5 Å². The summed E-state index contributed by atoms with van der Waals surface area (Å²) in [5, 5.41) is 10.4. The number of hydrogen-bond acceptors (Lipinski definition) is 5. The van der Waals surface area contributed by atoms with Crippen LogP contribution in [0.2, 0.25) is 0 Å². The van der Waals surface area contributed by atoms with Gasteiger partial charge in [-0.2, -0.15) is 5.26 Å². The molecule has 4 atom stereocenters. The SMILES string of the molecule is [C-]#[N+]c1ccc(N2C(=O)[C@@H]3[C@H](C2=O)C2(CC)CCC3(CCOc3ccc(C#N)cc3)O2)c2ccccc12. The van der Waals surface area contributed by atoms with Gasteiger partial charge in [-0.05, 0) is 60.4 Å². The third-order valence-electron chi connectivity index (χ3n) is 8.43. The number of benzene rings is 3. The number of carbonyl (C=O) groups excluding carboxylic acids is 2. The molecule has 2 bridgehead atoms. The molecule has 0 N–H and O–H groups in total. The molecule has 3 saturated heterocycles. The Hall–Kier alpha value is -4.20. The second kappa shape index (κ2) is 8.44. The van der Waals surface area contributed by atoms with Crippen LogP contribution in [-0.2, 0) is 14.3 Å². The molecule has 2 amide bonds. The van der Waals surface area contributed by atoms with Crippen LogP contribution in [0.15, 0.2) is 60.7 Å². The number of amides is 2. The topological polar surface area (TPSA) is 84.0 Å². The smallest absolute Gasteiger partial charge is 0.240 e. The maximum absolute atomic E-state index is 14.0. The van der Waals surface area contributed by atoms with Crippen LogP contribution in [-0.4, -0.2) is 29.6 Å². The van der Waals surface area contributed by atoms with Gasteiger partial charge in [0.1, 0.15) is 5.75 Å². The average Bonchev–Trinajstić information content (AvgIpc) is 3.55. The molecular weight excluding hydrogens is 466 g/mol. The summed E-state index contributed by atoms with van der Waals surface area (Å²) < 4.78 is 12.6. The summed E-state index contributed by atoms with van der Waals surface area (Å²) in [6, 6.07) is 19.8. The fourth-order valence-electron chi connectivity index (χ4n) is 6.66. The lowest BCUT2D eigenvalue weighted by molar-refractivity contribution is -0.132. The third-order valence-corrected chi connectivity index (χ3v) is 8.43. The highest BCUT2D eigenvalue weighted by Crippen LogP contribution is 2.63. The largest absolute Gasteiger partial charge is 0.493 e. The van der Waals surface area contributed by atoms with Crippen molar-refractivity contribution in [1.29, 1.82) is 5.26 Å². The maximum atomic E-state index is 14.0. The summed E-state index contributed by atoms with van der Waals surface area (Å²) in [5.74, 6) is -0.909. The minimum absolute atomic E-state index is 0.216. The molecule has 7 nitrogen and oxygen atoms in total. The van der Waals surface area contributed by atoms with Gasteiger partial charge in [0.25, 0.3) is 0 Å². The Labute approximate surface area is 215 Å². The van der Waals surface area contributed by atoms with Gasteiger partial charge in [0.2, 0.25) is 11.8 Å². The molecule has 0 aliphatic carbocycles. The van der Waals surface area contributed by atoms with Crippen molar-refractivity contribution in [2.24, 2.45) is 11.8 Å². The molecule has 3 aliphatic rings. The summed E-state index contributed by atoms with van der Waals surface area (Å²) in [5.41, 5.74) is 0.155. The number of fused-ring (bicyclic) bond motifs is 6. The van der Waals surface area contributed by atoms with Crippen LogP contribution in [0, 0.1) is 29.7 Å². The molecule has 6 rings (SSSR count). The van der Waals surface area contributed by atoms with Crippen molar-refractivity contribution in [3.63, 3.8) is 0 Å². The zero-order valence-electron chi connectivity index (χ0n) is 20.4. The van der Waals surface area contributed by atoms with E-state index >= 15 is 0 Å². The van der Waals surface area contributed by atoms with Gasteiger partial charge < -0.3 is 9.47 Å². The number of imide groups is 1. The van der Waals surface area contributed by atoms with Gasteiger partial charge in [-0.3, -0.25) is 9.59 Å². The van der Waals surface area contributed by atoms with Gasteiger partial charge in [0.15, 0.2) is 5.69 Å². The van der Waals surface area contributed by atoms with Crippen LogP contribution in [0.25, 0.3) is 15.6 Å². The zero-order chi connectivity index (χ0) is 25.8. The minimum Gasteiger partial charge on any atom is -0.493 e. The molecule has 7 heteroatoms. The third kappa shape index (κ3) is 3.28. The molecule has 3 heterocycles. The average molecular weight is 492 g/mol. The van der Waals surface area contributed by atoms with Gasteiger partial charge in [0, 0.05) is 6.42 Å². The van der Waals surface area contributed by atoms with Crippen molar-refractivity contribution in [2.45, 2.75) is 43.8 Å². The van der Waals surface area contributed by atoms with E-state index < -0.39 is 23.0 Å². The summed E-state index contributed by atoms with van der Waals surface area (Å²) in [4.78, 5) is 33.0. The minimum atomic E-state index is -0.763. The molecule has 2 unspecified atom stereocenters. The van der Waals surface area contributed by atoms with Gasteiger partial charge in [-0.15, -0.1) is 0 Å². The second-order valence-corrected chi connectivity index (χ2v) is 10.0. The number of carbonyl (C=O) groups is 2. The first-order valence-electron chi connectivity index (χ1n) is 12.6. The molecular formula is C30H25N3O4. The van der Waals surface area contributed by atoms with Crippen molar-refractivity contribution >= 4 is 34.0 Å². The summed E-state index contributed by atoms with van der Waals surface area (Å²) in [7, 11) is 0. The highest BCUT2D eigenvalue weighted by molar-refractivity contribution is 6.26. The summed E-state index contributed by atoms with van der Waals surface area (Å²) in [6.07, 6.45) is 2.56. The van der Waals surface area contributed by atoms with Crippen LogP contribution in [0.1, 0.15) is 38.2 Å². The van der Waals surface area contributed by atoms with Gasteiger partial charge in [-0.25, -0.2) is 9.74 Å². The number of nitriles is 1. The van der Waals surface area contributed by atoms with Gasteiger partial charge in [0.05, 0.1) is 53.5 Å². The fraction of sp³-hybridized carbons (Fsp3) is 0.333. The first-order chi connectivity index (χ1) is 18.0. The van der Waals surface area contributed by atoms with E-state index in [1.807, 2.05) is 31.2 Å². The lowest BCUT2D eigenvalue weighted by Crippen LogP contribution is -2.43. The second-order valence-electron chi connectivity index (χ2n) is 10.0. The van der Waals surface area contributed by atoms with Crippen molar-refractivity contribution in [1.82, 2.24) is 0 Å². The number of hydrogen-bond donors (Lipinski definition) is 0. The van der Waals surface area contributed by atoms with Crippen LogP contribution in [0.5, 0.6) is 5.75 Å². The number of anilines is 1. The highest BCUT2D eigenvalue weighted by atomic mass is 16.5. The quantitative estimate of drug-likeness (QED) is 0.334. The Morgan fingerprint density at radius 3 is 2.38 bits per heavy atom. The normalized spacial score (nSPS) is 27.8. The molecule has 0 spiro atoms. The number of ether oxygens (including phenoxy) is 2. The Morgan fingerprint density at radius 1 is 1.03 bits per heavy atom. The predicted octanol–water partition coefficient (Wildman–Crippen LogP) is 5.55. The molecule has 0 saturated carbocycles. The monoisotopic (exact) mass is 491 g/mol. The van der Waals surface area contributed by atoms with Gasteiger partial charge in [-0.1, -0.05) is 37.3 Å². The molecule has 37 heavy (non-hydrogen) atoms. The lowest BCUT2D eigenvalue weighted by Gasteiger charge is -2.31. The fourth-order valence-corrected chi connectivity index (χ4v) is 6.66. The molecule has 3 fully saturated rings. The van der Waals surface area contributed by atoms with E-state index in [1.165, 1.54) is 4.90 Å². The Kier molecular flexibility index (Phi) is 5.29. The Balaban J connectivity index is 1.33. The zero-order valence-corrected chi connectivity index (χ0v) is 20.4. The lowest BCUT2D eigenvalue weighted by atomic mass is 9.66. The van der Waals surface area contributed by atoms with E-state index in [9.17, 15) is 9.59 Å². The van der Waals surface area contributed by atoms with E-state index in [4.69, 9.17) is 21.3 Å². The molecule has 3 aromatic rings. The van der Waals surface area contributed by atoms with E-state index in [0.717, 1.165) is 17.2 Å². The summed E-state index contributed by atoms with van der Waals surface area (Å²) in [6.45, 7) is 9.86. The molecule has 184 valence electrons. The maximum Gasteiger partial charge on any atom is 0.240 e. The van der Waals surface area contributed by atoms with Gasteiger partial charge >= 0.3 is 0 Å². The van der Waals surface area contributed by atoms with Crippen molar-refractivity contribution in [3.05, 3.63) is 77.6 Å². The molecule has 3 aliphatic heterocycles. The van der Waals surface area contributed by atoms with E-state index in [2.05, 4.69) is 10.9 Å². The Morgan fingerprint density at radius 2 is 1.70 bits per heavy atom. The van der Waals surface area contributed by atoms with Crippen molar-refractivity contribution < 1.29 is 19.1 Å². The van der Waals surface area contributed by atoms with Crippen LogP contribution >= 0.6 is 0 Å². The predicted molar refractivity (Wildman–Crippen MR) is 137 cm³/mol. The number of nitrogens with zero attached hydrogens (tertiary/aromatic N) is 3. The molecule has 0 aromatic heterocycles. The highest BCUT2D eigenvalue weighted by Gasteiger charge is 2.74. The van der Waals surface area contributed by atoms with Crippen LogP contribution in [0.3, 0.4) is 0 Å². The Bertz CT molecular complexity index is 1520. The van der Waals surface area contributed by atoms with Crippen LogP contribution in [0.4, 0.5) is 11.4 Å². The van der Waals surface area contributed by atoms with Crippen LogP contribution < -0.4 is 9.64 Å². The molecule has 0 radical (unpaired) electrons.